The molecule has 0 amide bonds. The van der Waals surface area contributed by atoms with E-state index in [-0.39, 0.29) is 12.8 Å². The molecule has 3 aromatic rings. The number of rotatable bonds is 26. The van der Waals surface area contributed by atoms with Crippen molar-refractivity contribution in [2.45, 2.75) is 71.6 Å². The van der Waals surface area contributed by atoms with Gasteiger partial charge in [0.15, 0.2) is 0 Å². The lowest BCUT2D eigenvalue weighted by atomic mass is 10.2. The Morgan fingerprint density at radius 2 is 0.938 bits per heavy atom. The molecule has 48 heavy (non-hydrogen) atoms. The molecule has 3 rings (SSSR count). The lowest BCUT2D eigenvalue weighted by molar-refractivity contribution is -0.143. The average molecular weight is 667 g/mol. The van der Waals surface area contributed by atoms with E-state index in [1.807, 2.05) is 31.2 Å². The van der Waals surface area contributed by atoms with E-state index in [0.29, 0.717) is 68.2 Å². The molecule has 0 radical (unpaired) electrons. The molecule has 0 bridgehead atoms. The van der Waals surface area contributed by atoms with Gasteiger partial charge in [0.25, 0.3) is 0 Å². The molecular weight excluding hydrogens is 616 g/mol. The smallest absolute Gasteiger partial charge is 0.343 e. The zero-order valence-electron chi connectivity index (χ0n) is 28.3. The fourth-order valence-electron chi connectivity index (χ4n) is 4.34. The second-order valence-corrected chi connectivity index (χ2v) is 10.9. The van der Waals surface area contributed by atoms with Crippen LogP contribution in [0.4, 0.5) is 0 Å². The monoisotopic (exact) mass is 666 g/mol. The number of ether oxygens (including phenoxy) is 8. The minimum absolute atomic E-state index is 0.0260. The second kappa shape index (κ2) is 23.9. The molecule has 0 aliphatic rings. The Morgan fingerprint density at radius 3 is 1.46 bits per heavy atom. The first-order valence-corrected chi connectivity index (χ1v) is 16.9. The van der Waals surface area contributed by atoms with Crippen LogP contribution in [0.25, 0.3) is 0 Å². The van der Waals surface area contributed by atoms with Crippen molar-refractivity contribution in [1.29, 1.82) is 0 Å². The van der Waals surface area contributed by atoms with Crippen molar-refractivity contribution >= 4 is 11.9 Å². The van der Waals surface area contributed by atoms with Crippen molar-refractivity contribution in [3.63, 3.8) is 0 Å². The molecule has 0 aromatic heterocycles. The first-order chi connectivity index (χ1) is 23.6. The second-order valence-electron chi connectivity index (χ2n) is 10.9. The van der Waals surface area contributed by atoms with E-state index >= 15 is 0 Å². The summed E-state index contributed by atoms with van der Waals surface area (Å²) in [5.74, 6) is 2.51. The number of hydrogen-bond acceptors (Lipinski definition) is 10. The molecule has 0 aliphatic heterocycles. The summed E-state index contributed by atoms with van der Waals surface area (Å²) in [4.78, 5) is 23.7. The summed E-state index contributed by atoms with van der Waals surface area (Å²) in [6.07, 6.45) is 8.34. The Bertz CT molecular complexity index is 1280. The van der Waals surface area contributed by atoms with E-state index in [1.165, 1.54) is 0 Å². The highest BCUT2D eigenvalue weighted by molar-refractivity contribution is 5.91. The Labute approximate surface area is 284 Å². The first kappa shape index (κ1) is 38.2. The van der Waals surface area contributed by atoms with Crippen molar-refractivity contribution in [2.75, 3.05) is 46.6 Å². The Morgan fingerprint density at radius 1 is 0.479 bits per heavy atom. The minimum Gasteiger partial charge on any atom is -0.494 e. The van der Waals surface area contributed by atoms with Crippen molar-refractivity contribution in [3.8, 4) is 28.7 Å². The summed E-state index contributed by atoms with van der Waals surface area (Å²) in [7, 11) is 0. The summed E-state index contributed by atoms with van der Waals surface area (Å²) in [6, 6.07) is 21.1. The molecule has 0 saturated carbocycles. The lowest BCUT2D eigenvalue weighted by Crippen LogP contribution is -2.09. The quantitative estimate of drug-likeness (QED) is 0.0360. The van der Waals surface area contributed by atoms with Gasteiger partial charge in [0.2, 0.25) is 6.79 Å². The van der Waals surface area contributed by atoms with Gasteiger partial charge >= 0.3 is 11.9 Å². The van der Waals surface area contributed by atoms with Gasteiger partial charge in [0.1, 0.15) is 35.5 Å². The maximum absolute atomic E-state index is 12.6. The predicted molar refractivity (Wildman–Crippen MR) is 182 cm³/mol. The Kier molecular flexibility index (Phi) is 19.0. The zero-order chi connectivity index (χ0) is 34.1. The van der Waals surface area contributed by atoms with Crippen LogP contribution in [0.3, 0.4) is 0 Å². The highest BCUT2D eigenvalue weighted by atomic mass is 16.7. The van der Waals surface area contributed by atoms with E-state index in [2.05, 4.69) is 0 Å². The lowest BCUT2D eigenvalue weighted by Gasteiger charge is -2.11. The van der Waals surface area contributed by atoms with Gasteiger partial charge < -0.3 is 37.9 Å². The van der Waals surface area contributed by atoms with Crippen LogP contribution in [0.5, 0.6) is 28.7 Å². The SMILES string of the molecule is CCOCOCCCCCCOc1ccc(OCOc2ccc(OC(=O)c3ccc(OCCCCCCOC(=O)CC)cc3)cc2)cc1. The van der Waals surface area contributed by atoms with Gasteiger partial charge in [0.05, 0.1) is 25.4 Å². The number of unbranched alkanes of at least 4 members (excludes halogenated alkanes) is 6. The molecule has 0 atom stereocenters. The first-order valence-electron chi connectivity index (χ1n) is 16.9. The van der Waals surface area contributed by atoms with Crippen molar-refractivity contribution in [3.05, 3.63) is 78.4 Å². The van der Waals surface area contributed by atoms with Gasteiger partial charge in [-0.15, -0.1) is 0 Å². The number of carbonyl (C=O) groups is 2. The molecule has 0 N–H and O–H groups in total. The van der Waals surface area contributed by atoms with Gasteiger partial charge in [-0.05, 0) is 125 Å². The van der Waals surface area contributed by atoms with Crippen LogP contribution in [0.15, 0.2) is 72.8 Å². The van der Waals surface area contributed by atoms with Crippen LogP contribution in [-0.4, -0.2) is 58.6 Å². The highest BCUT2D eigenvalue weighted by Crippen LogP contribution is 2.22. The predicted octanol–water partition coefficient (Wildman–Crippen LogP) is 8.16. The zero-order valence-corrected chi connectivity index (χ0v) is 28.3. The van der Waals surface area contributed by atoms with Crippen LogP contribution in [-0.2, 0) is 19.0 Å². The molecule has 0 heterocycles. The van der Waals surface area contributed by atoms with E-state index in [9.17, 15) is 9.59 Å². The maximum Gasteiger partial charge on any atom is 0.343 e. The summed E-state index contributed by atoms with van der Waals surface area (Å²) >= 11 is 0. The number of carbonyl (C=O) groups excluding carboxylic acids is 2. The Balaban J connectivity index is 1.24. The van der Waals surface area contributed by atoms with Crippen LogP contribution in [0.1, 0.15) is 82.0 Å². The molecule has 262 valence electrons. The minimum atomic E-state index is -0.464. The number of esters is 2. The highest BCUT2D eigenvalue weighted by Gasteiger charge is 2.09. The molecule has 0 spiro atoms. The number of benzene rings is 3. The third-order valence-electron chi connectivity index (χ3n) is 7.08. The fourth-order valence-corrected chi connectivity index (χ4v) is 4.34. The van der Waals surface area contributed by atoms with Crippen LogP contribution < -0.4 is 23.7 Å². The van der Waals surface area contributed by atoms with Gasteiger partial charge in [-0.2, -0.15) is 0 Å². The summed E-state index contributed by atoms with van der Waals surface area (Å²) < 4.78 is 44.0. The van der Waals surface area contributed by atoms with Gasteiger partial charge in [-0.3, -0.25) is 4.79 Å². The maximum atomic E-state index is 12.6. The summed E-state index contributed by atoms with van der Waals surface area (Å²) in [6.45, 7) is 7.26. The third-order valence-corrected chi connectivity index (χ3v) is 7.08. The van der Waals surface area contributed by atoms with Crippen LogP contribution in [0, 0.1) is 0 Å². The molecule has 0 aliphatic carbocycles. The van der Waals surface area contributed by atoms with Gasteiger partial charge in [-0.25, -0.2) is 4.79 Å². The normalized spacial score (nSPS) is 10.7. The Hall–Kier alpha value is -4.28. The molecule has 10 nitrogen and oxygen atoms in total. The van der Waals surface area contributed by atoms with Gasteiger partial charge in [0, 0.05) is 19.6 Å². The third kappa shape index (κ3) is 16.5. The van der Waals surface area contributed by atoms with Gasteiger partial charge in [-0.1, -0.05) is 13.3 Å². The van der Waals surface area contributed by atoms with E-state index < -0.39 is 5.97 Å². The fraction of sp³-hybridized carbons (Fsp3) is 0.474. The molecule has 0 saturated heterocycles. The average Bonchev–Trinajstić information content (AvgIpc) is 3.11. The van der Waals surface area contributed by atoms with Crippen molar-refractivity contribution in [1.82, 2.24) is 0 Å². The molecule has 3 aromatic carbocycles. The largest absolute Gasteiger partial charge is 0.494 e. The van der Waals surface area contributed by atoms with E-state index in [0.717, 1.165) is 63.7 Å². The summed E-state index contributed by atoms with van der Waals surface area (Å²) in [5.41, 5.74) is 0.421. The number of hydrogen-bond donors (Lipinski definition) is 0. The molecule has 0 unspecified atom stereocenters. The molecular formula is C38H50O10. The molecule has 10 heteroatoms. The standard InChI is InChI=1S/C38H50O10/c1-3-37(39)45-28-12-8-7-11-26-43-32-15-13-31(14-16-32)38(40)48-36-23-21-35(22-24-36)47-30-46-34-19-17-33(18-20-34)44-27-10-6-5-9-25-42-29-41-4-2/h13-24H,3-12,25-30H2,1-2H3. The van der Waals surface area contributed by atoms with Crippen LogP contribution in [0.2, 0.25) is 0 Å². The van der Waals surface area contributed by atoms with Crippen LogP contribution >= 0.6 is 0 Å². The summed E-state index contributed by atoms with van der Waals surface area (Å²) in [5, 5.41) is 0. The van der Waals surface area contributed by atoms with Crippen molar-refractivity contribution in [2.24, 2.45) is 0 Å². The topological polar surface area (TPSA) is 108 Å². The van der Waals surface area contributed by atoms with Crippen molar-refractivity contribution < 1.29 is 47.5 Å². The van der Waals surface area contributed by atoms with E-state index in [1.54, 1.807) is 55.5 Å². The van der Waals surface area contributed by atoms with E-state index in [4.69, 9.17) is 37.9 Å². The molecule has 0 fully saturated rings.